The maximum atomic E-state index is 12.3. The number of nitrogens with one attached hydrogen (secondary N) is 1. The molecular formula is C19H16N4O3. The minimum atomic E-state index is -0.435. The largest absolute Gasteiger partial charge is 0.350 e. The molecule has 0 aliphatic carbocycles. The molecule has 0 atom stereocenters. The molecule has 0 saturated heterocycles. The van der Waals surface area contributed by atoms with E-state index in [2.05, 4.69) is 10.3 Å². The van der Waals surface area contributed by atoms with Crippen molar-refractivity contribution in [2.75, 3.05) is 6.54 Å². The highest BCUT2D eigenvalue weighted by atomic mass is 16.2. The number of hydrogen-bond acceptors (Lipinski definition) is 4. The molecule has 2 aromatic carbocycles. The number of fused-ring (bicyclic) bond motifs is 2. The molecule has 0 unspecified atom stereocenters. The Bertz CT molecular complexity index is 1020. The van der Waals surface area contributed by atoms with Crippen molar-refractivity contribution in [2.45, 2.75) is 6.54 Å². The van der Waals surface area contributed by atoms with Crippen LogP contribution in [0.2, 0.25) is 0 Å². The van der Waals surface area contributed by atoms with Crippen molar-refractivity contribution < 1.29 is 14.4 Å². The number of nitrogens with zero attached hydrogens (tertiary/aromatic N) is 3. The molecule has 1 aliphatic rings. The maximum Gasteiger partial charge on any atom is 0.262 e. The van der Waals surface area contributed by atoms with Gasteiger partial charge >= 0.3 is 0 Å². The lowest BCUT2D eigenvalue weighted by molar-refractivity contribution is -0.121. The molecule has 1 aromatic heterocycles. The Balaban J connectivity index is 1.41. The van der Waals surface area contributed by atoms with Crippen LogP contribution in [0.4, 0.5) is 0 Å². The summed E-state index contributed by atoms with van der Waals surface area (Å²) in [7, 11) is 1.92. The summed E-state index contributed by atoms with van der Waals surface area (Å²) in [5.41, 5.74) is 3.43. The van der Waals surface area contributed by atoms with Crippen LogP contribution in [0.5, 0.6) is 0 Å². The van der Waals surface area contributed by atoms with Gasteiger partial charge in [0.25, 0.3) is 11.8 Å². The topological polar surface area (TPSA) is 84.3 Å². The number of carbonyl (C=O) groups excluding carboxylic acids is 3. The van der Waals surface area contributed by atoms with E-state index in [-0.39, 0.29) is 12.5 Å². The van der Waals surface area contributed by atoms with E-state index in [0.29, 0.717) is 17.7 Å². The van der Waals surface area contributed by atoms with Crippen molar-refractivity contribution in [3.05, 3.63) is 65.5 Å². The number of aromatic nitrogens is 2. The first-order valence-corrected chi connectivity index (χ1v) is 8.16. The molecule has 1 N–H and O–H groups in total. The first kappa shape index (κ1) is 16.0. The molecular weight excluding hydrogens is 332 g/mol. The average Bonchev–Trinajstić information content (AvgIpc) is 3.13. The van der Waals surface area contributed by atoms with Crippen molar-refractivity contribution in [1.29, 1.82) is 0 Å². The fraction of sp³-hybridized carbons (Fsp3) is 0.158. The third-order valence-electron chi connectivity index (χ3n) is 4.46. The number of imidazole rings is 1. The number of rotatable bonds is 4. The zero-order valence-electron chi connectivity index (χ0n) is 14.1. The van der Waals surface area contributed by atoms with E-state index in [0.717, 1.165) is 21.5 Å². The Morgan fingerprint density at radius 1 is 1.08 bits per heavy atom. The lowest BCUT2D eigenvalue weighted by Crippen LogP contribution is -2.40. The van der Waals surface area contributed by atoms with Gasteiger partial charge in [-0.1, -0.05) is 18.2 Å². The van der Waals surface area contributed by atoms with E-state index in [1.54, 1.807) is 30.6 Å². The minimum Gasteiger partial charge on any atom is -0.350 e. The number of aryl methyl sites for hydroxylation is 1. The van der Waals surface area contributed by atoms with Gasteiger partial charge < -0.3 is 9.88 Å². The van der Waals surface area contributed by atoms with Gasteiger partial charge in [0.15, 0.2) is 0 Å². The van der Waals surface area contributed by atoms with Gasteiger partial charge in [-0.25, -0.2) is 4.98 Å². The second-order valence-electron chi connectivity index (χ2n) is 6.20. The Morgan fingerprint density at radius 2 is 1.77 bits per heavy atom. The third-order valence-corrected chi connectivity index (χ3v) is 4.46. The Hall–Kier alpha value is -3.48. The molecule has 3 amide bonds. The lowest BCUT2D eigenvalue weighted by Gasteiger charge is -2.13. The van der Waals surface area contributed by atoms with E-state index in [9.17, 15) is 14.4 Å². The summed E-state index contributed by atoms with van der Waals surface area (Å²) < 4.78 is 1.92. The Morgan fingerprint density at radius 3 is 2.46 bits per heavy atom. The zero-order chi connectivity index (χ0) is 18.3. The highest BCUT2D eigenvalue weighted by Gasteiger charge is 2.36. The molecule has 3 aromatic rings. The molecule has 7 heteroatoms. The molecule has 4 rings (SSSR count). The quantitative estimate of drug-likeness (QED) is 0.724. The van der Waals surface area contributed by atoms with Crippen LogP contribution in [-0.4, -0.2) is 38.7 Å². The monoisotopic (exact) mass is 348 g/mol. The van der Waals surface area contributed by atoms with Crippen LogP contribution >= 0.6 is 0 Å². The molecule has 2 heterocycles. The van der Waals surface area contributed by atoms with Crippen LogP contribution in [0.15, 0.2) is 48.8 Å². The predicted octanol–water partition coefficient (Wildman–Crippen LogP) is 1.49. The molecule has 0 bridgehead atoms. The van der Waals surface area contributed by atoms with Crippen molar-refractivity contribution in [2.24, 2.45) is 7.05 Å². The summed E-state index contributed by atoms with van der Waals surface area (Å²) >= 11 is 0. The van der Waals surface area contributed by atoms with Gasteiger partial charge in [0, 0.05) is 13.6 Å². The van der Waals surface area contributed by atoms with Crippen molar-refractivity contribution in [1.82, 2.24) is 19.8 Å². The molecule has 7 nitrogen and oxygen atoms in total. The minimum absolute atomic E-state index is 0.293. The second kappa shape index (κ2) is 6.11. The van der Waals surface area contributed by atoms with Crippen LogP contribution < -0.4 is 5.32 Å². The normalized spacial score (nSPS) is 13.3. The van der Waals surface area contributed by atoms with Crippen LogP contribution in [0.25, 0.3) is 11.0 Å². The molecule has 1 aliphatic heterocycles. The summed E-state index contributed by atoms with van der Waals surface area (Å²) in [5.74, 6) is -1.26. The first-order valence-electron chi connectivity index (χ1n) is 8.16. The van der Waals surface area contributed by atoms with E-state index in [1.165, 1.54) is 0 Å². The number of hydrogen-bond donors (Lipinski definition) is 1. The summed E-state index contributed by atoms with van der Waals surface area (Å²) in [6, 6.07) is 12.3. The summed E-state index contributed by atoms with van der Waals surface area (Å²) in [4.78, 5) is 42.0. The molecule has 26 heavy (non-hydrogen) atoms. The van der Waals surface area contributed by atoms with Gasteiger partial charge in [-0.15, -0.1) is 0 Å². The van der Waals surface area contributed by atoms with E-state index in [4.69, 9.17) is 0 Å². The van der Waals surface area contributed by atoms with Gasteiger partial charge in [-0.05, 0) is 29.8 Å². The molecule has 0 saturated carbocycles. The highest BCUT2D eigenvalue weighted by molar-refractivity contribution is 6.22. The van der Waals surface area contributed by atoms with E-state index >= 15 is 0 Å². The van der Waals surface area contributed by atoms with Gasteiger partial charge in [0.1, 0.15) is 6.54 Å². The van der Waals surface area contributed by atoms with Crippen LogP contribution in [0.1, 0.15) is 26.3 Å². The van der Waals surface area contributed by atoms with Crippen molar-refractivity contribution in [3.8, 4) is 0 Å². The average molecular weight is 348 g/mol. The summed E-state index contributed by atoms with van der Waals surface area (Å²) in [5, 5.41) is 2.75. The van der Waals surface area contributed by atoms with Crippen LogP contribution in [-0.2, 0) is 18.4 Å². The third kappa shape index (κ3) is 2.63. The van der Waals surface area contributed by atoms with E-state index < -0.39 is 11.8 Å². The standard InChI is InChI=1S/C19H16N4O3/c1-22-11-21-15-8-12(6-7-16(15)22)9-20-17(24)10-23-18(25)13-4-2-3-5-14(13)19(23)26/h2-8,11H,9-10H2,1H3,(H,20,24). The number of carbonyl (C=O) groups is 3. The maximum absolute atomic E-state index is 12.3. The van der Waals surface area contributed by atoms with Crippen LogP contribution in [0, 0.1) is 0 Å². The van der Waals surface area contributed by atoms with E-state index in [1.807, 2.05) is 29.8 Å². The van der Waals surface area contributed by atoms with Gasteiger partial charge in [0.2, 0.25) is 5.91 Å². The number of amides is 3. The van der Waals surface area contributed by atoms with Crippen molar-refractivity contribution in [3.63, 3.8) is 0 Å². The smallest absolute Gasteiger partial charge is 0.262 e. The highest BCUT2D eigenvalue weighted by Crippen LogP contribution is 2.22. The molecule has 130 valence electrons. The predicted molar refractivity (Wildman–Crippen MR) is 94.4 cm³/mol. The second-order valence-corrected chi connectivity index (χ2v) is 6.20. The summed E-state index contributed by atoms with van der Waals surface area (Å²) in [6.07, 6.45) is 1.73. The Labute approximate surface area is 149 Å². The molecule has 0 radical (unpaired) electrons. The van der Waals surface area contributed by atoms with Gasteiger partial charge in [-0.3, -0.25) is 19.3 Å². The molecule has 0 spiro atoms. The van der Waals surface area contributed by atoms with Crippen LogP contribution in [0.3, 0.4) is 0 Å². The first-order chi connectivity index (χ1) is 12.5. The Kier molecular flexibility index (Phi) is 3.76. The lowest BCUT2D eigenvalue weighted by atomic mass is 10.1. The van der Waals surface area contributed by atoms with Crippen molar-refractivity contribution >= 4 is 28.8 Å². The SMILES string of the molecule is Cn1cnc2cc(CNC(=O)CN3C(=O)c4ccccc4C3=O)ccc21. The zero-order valence-corrected chi connectivity index (χ0v) is 14.1. The number of imide groups is 1. The fourth-order valence-electron chi connectivity index (χ4n) is 3.07. The number of benzene rings is 2. The van der Waals surface area contributed by atoms with Gasteiger partial charge in [-0.2, -0.15) is 0 Å². The fourth-order valence-corrected chi connectivity index (χ4v) is 3.07. The molecule has 0 fully saturated rings. The van der Waals surface area contributed by atoms with Gasteiger partial charge in [0.05, 0.1) is 28.5 Å². The summed E-state index contributed by atoms with van der Waals surface area (Å²) in [6.45, 7) is 0.00664.